The molecule has 0 aliphatic carbocycles. The van der Waals surface area contributed by atoms with E-state index in [0.29, 0.717) is 16.7 Å². The molecule has 0 radical (unpaired) electrons. The van der Waals surface area contributed by atoms with Crippen LogP contribution in [0.2, 0.25) is 0 Å². The highest BCUT2D eigenvalue weighted by molar-refractivity contribution is 7.91. The molecule has 2 aromatic carbocycles. The molecule has 0 saturated carbocycles. The first-order chi connectivity index (χ1) is 10.1. The van der Waals surface area contributed by atoms with Crippen molar-refractivity contribution in [1.82, 2.24) is 0 Å². The Balaban J connectivity index is 2.57. The summed E-state index contributed by atoms with van der Waals surface area (Å²) in [5, 5.41) is 18.4. The number of nitrogens with zero attached hydrogens (tertiary/aromatic N) is 2. The van der Waals surface area contributed by atoms with E-state index in [9.17, 15) is 18.9 Å². The largest absolute Gasteiger partial charge is 0.218 e. The molecular formula is C16H8N2O2S. The zero-order valence-electron chi connectivity index (χ0n) is 10.7. The number of allylic oxidation sites excluding steroid dienone is 1. The Morgan fingerprint density at radius 1 is 0.810 bits per heavy atom. The van der Waals surface area contributed by atoms with E-state index in [1.807, 2.05) is 12.1 Å². The summed E-state index contributed by atoms with van der Waals surface area (Å²) < 4.78 is 25.3. The molecule has 0 spiro atoms. The first-order valence-electron chi connectivity index (χ1n) is 6.09. The van der Waals surface area contributed by atoms with E-state index < -0.39 is 9.84 Å². The average molecular weight is 292 g/mol. The van der Waals surface area contributed by atoms with E-state index in [4.69, 9.17) is 0 Å². The predicted molar refractivity (Wildman–Crippen MR) is 75.6 cm³/mol. The first-order valence-corrected chi connectivity index (χ1v) is 7.58. The van der Waals surface area contributed by atoms with Crippen molar-refractivity contribution in [3.05, 3.63) is 65.2 Å². The van der Waals surface area contributed by atoms with Gasteiger partial charge in [-0.1, -0.05) is 36.4 Å². The normalized spacial score (nSPS) is 14.3. The summed E-state index contributed by atoms with van der Waals surface area (Å²) in [4.78, 5) is 0.253. The molecule has 1 aliphatic rings. The van der Waals surface area contributed by atoms with Gasteiger partial charge in [0.25, 0.3) is 0 Å². The number of fused-ring (bicyclic) bond motifs is 2. The summed E-state index contributed by atoms with van der Waals surface area (Å²) in [5.74, 6) is 0. The van der Waals surface area contributed by atoms with Crippen molar-refractivity contribution in [2.75, 3.05) is 0 Å². The van der Waals surface area contributed by atoms with Crippen LogP contribution in [0.4, 0.5) is 0 Å². The quantitative estimate of drug-likeness (QED) is 0.596. The van der Waals surface area contributed by atoms with Gasteiger partial charge in [-0.05, 0) is 12.1 Å². The van der Waals surface area contributed by atoms with Gasteiger partial charge in [-0.15, -0.1) is 0 Å². The van der Waals surface area contributed by atoms with Crippen molar-refractivity contribution < 1.29 is 8.42 Å². The minimum atomic E-state index is -3.64. The maximum atomic E-state index is 12.7. The van der Waals surface area contributed by atoms with Gasteiger partial charge in [-0.2, -0.15) is 10.5 Å². The second-order valence-electron chi connectivity index (χ2n) is 4.47. The highest BCUT2D eigenvalue weighted by Crippen LogP contribution is 2.42. The van der Waals surface area contributed by atoms with Crippen molar-refractivity contribution in [3.8, 4) is 12.1 Å². The summed E-state index contributed by atoms with van der Waals surface area (Å²) >= 11 is 0. The van der Waals surface area contributed by atoms with E-state index >= 15 is 0 Å². The highest BCUT2D eigenvalue weighted by atomic mass is 32.2. The van der Waals surface area contributed by atoms with Crippen molar-refractivity contribution in [2.24, 2.45) is 0 Å². The van der Waals surface area contributed by atoms with E-state index in [0.717, 1.165) is 0 Å². The summed E-state index contributed by atoms with van der Waals surface area (Å²) in [6.07, 6.45) is 0. The number of sulfone groups is 1. The summed E-state index contributed by atoms with van der Waals surface area (Å²) in [6, 6.07) is 16.6. The fourth-order valence-electron chi connectivity index (χ4n) is 2.48. The van der Waals surface area contributed by atoms with Gasteiger partial charge in [-0.25, -0.2) is 8.42 Å². The minimum Gasteiger partial charge on any atom is -0.218 e. The number of benzene rings is 2. The van der Waals surface area contributed by atoms with Crippen LogP contribution in [-0.4, -0.2) is 8.42 Å². The third kappa shape index (κ3) is 1.76. The van der Waals surface area contributed by atoms with Gasteiger partial charge in [0.05, 0.1) is 9.79 Å². The highest BCUT2D eigenvalue weighted by Gasteiger charge is 2.33. The molecule has 0 amide bonds. The van der Waals surface area contributed by atoms with E-state index in [2.05, 4.69) is 0 Å². The van der Waals surface area contributed by atoms with Gasteiger partial charge in [0.15, 0.2) is 0 Å². The number of rotatable bonds is 0. The van der Waals surface area contributed by atoms with E-state index in [-0.39, 0.29) is 15.4 Å². The van der Waals surface area contributed by atoms with Gasteiger partial charge in [0.1, 0.15) is 17.7 Å². The molecule has 2 aromatic rings. The molecule has 100 valence electrons. The molecule has 0 unspecified atom stereocenters. The molecule has 21 heavy (non-hydrogen) atoms. The minimum absolute atomic E-state index is 0.0928. The van der Waals surface area contributed by atoms with Gasteiger partial charge in [0, 0.05) is 16.7 Å². The van der Waals surface area contributed by atoms with Crippen LogP contribution in [-0.2, 0) is 9.84 Å². The van der Waals surface area contributed by atoms with Crippen molar-refractivity contribution >= 4 is 15.4 Å². The maximum absolute atomic E-state index is 12.7. The molecule has 3 rings (SSSR count). The standard InChI is InChI=1S/C16H8N2O2S/c17-9-11(10-18)16-12-5-1-3-7-14(12)21(19,20)15-8-4-2-6-13(15)16/h1-8H. The van der Waals surface area contributed by atoms with Crippen LogP contribution in [0.15, 0.2) is 63.9 Å². The van der Waals surface area contributed by atoms with E-state index in [1.54, 1.807) is 36.4 Å². The first kappa shape index (κ1) is 13.1. The van der Waals surface area contributed by atoms with Crippen molar-refractivity contribution in [3.63, 3.8) is 0 Å². The molecule has 5 heteroatoms. The van der Waals surface area contributed by atoms with Gasteiger partial charge in [0.2, 0.25) is 9.84 Å². The van der Waals surface area contributed by atoms with Crippen LogP contribution >= 0.6 is 0 Å². The predicted octanol–water partition coefficient (Wildman–Crippen LogP) is 2.68. The Hall–Kier alpha value is -2.89. The third-order valence-corrected chi connectivity index (χ3v) is 5.24. The van der Waals surface area contributed by atoms with E-state index in [1.165, 1.54) is 12.1 Å². The SMILES string of the molecule is N#CC(C#N)=C1c2ccccc2S(=O)(=O)c2ccccc21. The van der Waals surface area contributed by atoms with Gasteiger partial charge in [-0.3, -0.25) is 0 Å². The lowest BCUT2D eigenvalue weighted by Gasteiger charge is -2.22. The van der Waals surface area contributed by atoms with Crippen LogP contribution in [0, 0.1) is 22.7 Å². The second-order valence-corrected chi connectivity index (χ2v) is 6.36. The molecule has 0 atom stereocenters. The zero-order valence-corrected chi connectivity index (χ0v) is 11.6. The Kier molecular flexibility index (Phi) is 2.86. The number of hydrogen-bond acceptors (Lipinski definition) is 4. The second kappa shape index (κ2) is 4.59. The molecular weight excluding hydrogens is 284 g/mol. The zero-order chi connectivity index (χ0) is 15.0. The maximum Gasteiger partial charge on any atom is 0.207 e. The smallest absolute Gasteiger partial charge is 0.207 e. The fraction of sp³-hybridized carbons (Fsp3) is 0. The lowest BCUT2D eigenvalue weighted by Crippen LogP contribution is -2.14. The molecule has 0 bridgehead atoms. The van der Waals surface area contributed by atoms with Gasteiger partial charge >= 0.3 is 0 Å². The van der Waals surface area contributed by atoms with Crippen LogP contribution in [0.25, 0.3) is 5.57 Å². The van der Waals surface area contributed by atoms with Crippen LogP contribution in [0.1, 0.15) is 11.1 Å². The Bertz CT molecular complexity index is 902. The Morgan fingerprint density at radius 3 is 1.67 bits per heavy atom. The molecule has 0 aromatic heterocycles. The lowest BCUT2D eigenvalue weighted by molar-refractivity contribution is 0.594. The molecule has 1 aliphatic heterocycles. The van der Waals surface area contributed by atoms with Crippen molar-refractivity contribution in [2.45, 2.75) is 9.79 Å². The third-order valence-electron chi connectivity index (χ3n) is 3.37. The summed E-state index contributed by atoms with van der Waals surface area (Å²) in [6.45, 7) is 0. The average Bonchev–Trinajstić information content (AvgIpc) is 2.52. The molecule has 4 nitrogen and oxygen atoms in total. The summed E-state index contributed by atoms with van der Waals surface area (Å²) in [7, 11) is -3.64. The summed E-state index contributed by atoms with van der Waals surface area (Å²) in [5.41, 5.74) is 1.08. The Labute approximate surface area is 122 Å². The van der Waals surface area contributed by atoms with Crippen molar-refractivity contribution in [1.29, 1.82) is 10.5 Å². The van der Waals surface area contributed by atoms with Gasteiger partial charge < -0.3 is 0 Å². The lowest BCUT2D eigenvalue weighted by atomic mass is 9.93. The molecule has 0 saturated heterocycles. The topological polar surface area (TPSA) is 81.7 Å². The molecule has 1 heterocycles. The number of nitriles is 2. The van der Waals surface area contributed by atoms with Crippen LogP contribution in [0.5, 0.6) is 0 Å². The Morgan fingerprint density at radius 2 is 1.24 bits per heavy atom. The number of hydrogen-bond donors (Lipinski definition) is 0. The molecule has 0 fully saturated rings. The van der Waals surface area contributed by atoms with Crippen LogP contribution in [0.3, 0.4) is 0 Å². The van der Waals surface area contributed by atoms with Crippen LogP contribution < -0.4 is 0 Å². The molecule has 0 N–H and O–H groups in total. The monoisotopic (exact) mass is 292 g/mol. The fourth-order valence-corrected chi connectivity index (χ4v) is 4.16.